The summed E-state index contributed by atoms with van der Waals surface area (Å²) in [5, 5.41) is 9.31. The predicted octanol–water partition coefficient (Wildman–Crippen LogP) is 0.550. The number of hydrogen-bond donors (Lipinski definition) is 1. The average Bonchev–Trinajstić information content (AvgIpc) is 2.64. The van der Waals surface area contributed by atoms with Crippen LogP contribution < -0.4 is 0 Å². The monoisotopic (exact) mass is 182 g/mol. The summed E-state index contributed by atoms with van der Waals surface area (Å²) in [5.41, 5.74) is 0.981. The molecule has 1 aromatic heterocycles. The van der Waals surface area contributed by atoms with E-state index in [1.54, 1.807) is 0 Å². The van der Waals surface area contributed by atoms with Gasteiger partial charge in [-0.15, -0.1) is 0 Å². The van der Waals surface area contributed by atoms with Crippen molar-refractivity contribution in [2.24, 2.45) is 0 Å². The van der Waals surface area contributed by atoms with Crippen molar-refractivity contribution in [2.45, 2.75) is 26.0 Å². The minimum absolute atomic E-state index is 0.160. The van der Waals surface area contributed by atoms with Gasteiger partial charge in [0.15, 0.2) is 6.39 Å². The number of oxazole rings is 1. The summed E-state index contributed by atoms with van der Waals surface area (Å²) in [6.07, 6.45) is 2.18. The molecule has 1 aliphatic rings. The van der Waals surface area contributed by atoms with Crippen LogP contribution in [-0.2, 0) is 6.54 Å². The smallest absolute Gasteiger partial charge is 0.181 e. The van der Waals surface area contributed by atoms with E-state index < -0.39 is 0 Å². The Morgan fingerprint density at radius 3 is 3.15 bits per heavy atom. The lowest BCUT2D eigenvalue weighted by atomic mass is 10.3. The molecular weight excluding hydrogens is 168 g/mol. The quantitative estimate of drug-likeness (QED) is 0.725. The second-order valence-electron chi connectivity index (χ2n) is 3.53. The van der Waals surface area contributed by atoms with Gasteiger partial charge in [-0.05, 0) is 13.3 Å². The van der Waals surface area contributed by atoms with Crippen LogP contribution in [0.15, 0.2) is 10.8 Å². The highest BCUT2D eigenvalue weighted by Crippen LogP contribution is 2.14. The zero-order valence-electron chi connectivity index (χ0n) is 7.73. The standard InChI is InChI=1S/C9H14N2O2/c1-7-9(10-6-13-7)5-11-3-2-8(12)4-11/h6,8,12H,2-5H2,1H3. The molecule has 1 saturated heterocycles. The molecule has 0 aliphatic carbocycles. The van der Waals surface area contributed by atoms with Crippen LogP contribution in [0.3, 0.4) is 0 Å². The maximum Gasteiger partial charge on any atom is 0.181 e. The number of likely N-dealkylation sites (tertiary alicyclic amines) is 1. The molecule has 2 heterocycles. The Kier molecular flexibility index (Phi) is 2.33. The number of nitrogens with zero attached hydrogens (tertiary/aromatic N) is 2. The van der Waals surface area contributed by atoms with Crippen LogP contribution in [0, 0.1) is 6.92 Å². The maximum absolute atomic E-state index is 9.31. The van der Waals surface area contributed by atoms with Gasteiger partial charge in [-0.2, -0.15) is 0 Å². The van der Waals surface area contributed by atoms with Crippen LogP contribution in [0.25, 0.3) is 0 Å². The Morgan fingerprint density at radius 2 is 2.62 bits per heavy atom. The molecule has 0 bridgehead atoms. The van der Waals surface area contributed by atoms with Crippen molar-refractivity contribution >= 4 is 0 Å². The minimum atomic E-state index is -0.160. The molecule has 1 unspecified atom stereocenters. The molecule has 1 fully saturated rings. The first kappa shape index (κ1) is 8.72. The van der Waals surface area contributed by atoms with E-state index in [4.69, 9.17) is 4.42 Å². The molecule has 1 aromatic rings. The molecule has 0 aromatic carbocycles. The largest absolute Gasteiger partial charge is 0.448 e. The van der Waals surface area contributed by atoms with Crippen molar-refractivity contribution in [3.63, 3.8) is 0 Å². The molecule has 1 N–H and O–H groups in total. The third kappa shape index (κ3) is 1.89. The van der Waals surface area contributed by atoms with E-state index in [9.17, 15) is 5.11 Å². The zero-order valence-corrected chi connectivity index (χ0v) is 7.73. The molecule has 0 spiro atoms. The van der Waals surface area contributed by atoms with Crippen molar-refractivity contribution in [3.05, 3.63) is 17.8 Å². The molecule has 0 saturated carbocycles. The summed E-state index contributed by atoms with van der Waals surface area (Å²) in [5.74, 6) is 0.876. The van der Waals surface area contributed by atoms with Gasteiger partial charge in [-0.25, -0.2) is 4.98 Å². The highest BCUT2D eigenvalue weighted by Gasteiger charge is 2.21. The summed E-state index contributed by atoms with van der Waals surface area (Å²) < 4.78 is 5.10. The van der Waals surface area contributed by atoms with Crippen LogP contribution in [0.5, 0.6) is 0 Å². The summed E-state index contributed by atoms with van der Waals surface area (Å²) in [4.78, 5) is 6.30. The van der Waals surface area contributed by atoms with E-state index >= 15 is 0 Å². The van der Waals surface area contributed by atoms with E-state index in [0.717, 1.165) is 37.5 Å². The number of aliphatic hydroxyl groups is 1. The normalized spacial score (nSPS) is 24.0. The number of aromatic nitrogens is 1. The average molecular weight is 182 g/mol. The minimum Gasteiger partial charge on any atom is -0.448 e. The number of rotatable bonds is 2. The first-order valence-electron chi connectivity index (χ1n) is 4.55. The summed E-state index contributed by atoms with van der Waals surface area (Å²) in [7, 11) is 0. The molecule has 4 nitrogen and oxygen atoms in total. The zero-order chi connectivity index (χ0) is 9.26. The van der Waals surface area contributed by atoms with Crippen molar-refractivity contribution in [1.29, 1.82) is 0 Å². The molecule has 1 atom stereocenters. The lowest BCUT2D eigenvalue weighted by molar-refractivity contribution is 0.174. The van der Waals surface area contributed by atoms with Gasteiger partial charge < -0.3 is 9.52 Å². The van der Waals surface area contributed by atoms with Crippen molar-refractivity contribution in [3.8, 4) is 0 Å². The molecule has 0 radical (unpaired) electrons. The van der Waals surface area contributed by atoms with E-state index in [1.165, 1.54) is 6.39 Å². The number of hydrogen-bond acceptors (Lipinski definition) is 4. The highest BCUT2D eigenvalue weighted by molar-refractivity contribution is 5.04. The first-order valence-corrected chi connectivity index (χ1v) is 4.55. The third-order valence-electron chi connectivity index (χ3n) is 2.47. The van der Waals surface area contributed by atoms with E-state index in [-0.39, 0.29) is 6.10 Å². The highest BCUT2D eigenvalue weighted by atomic mass is 16.3. The Balaban J connectivity index is 1.95. The number of aryl methyl sites for hydroxylation is 1. The fourth-order valence-electron chi connectivity index (χ4n) is 1.65. The van der Waals surface area contributed by atoms with Crippen LogP contribution in [0.1, 0.15) is 17.9 Å². The Labute approximate surface area is 77.2 Å². The SMILES string of the molecule is Cc1ocnc1CN1CCC(O)C1. The fraction of sp³-hybridized carbons (Fsp3) is 0.667. The Bertz CT molecular complexity index is 285. The van der Waals surface area contributed by atoms with Crippen molar-refractivity contribution in [1.82, 2.24) is 9.88 Å². The summed E-state index contributed by atoms with van der Waals surface area (Å²) in [6.45, 7) is 4.41. The first-order chi connectivity index (χ1) is 6.25. The van der Waals surface area contributed by atoms with E-state index in [1.807, 2.05) is 6.92 Å². The molecule has 4 heteroatoms. The van der Waals surface area contributed by atoms with Gasteiger partial charge in [0.05, 0.1) is 11.8 Å². The van der Waals surface area contributed by atoms with Crippen molar-refractivity contribution < 1.29 is 9.52 Å². The second-order valence-corrected chi connectivity index (χ2v) is 3.53. The topological polar surface area (TPSA) is 49.5 Å². The van der Waals surface area contributed by atoms with E-state index in [0.29, 0.717) is 0 Å². The Hall–Kier alpha value is -0.870. The molecule has 2 rings (SSSR count). The van der Waals surface area contributed by atoms with Crippen LogP contribution in [0.4, 0.5) is 0 Å². The molecule has 72 valence electrons. The fourth-order valence-corrected chi connectivity index (χ4v) is 1.65. The number of aliphatic hydroxyl groups excluding tert-OH is 1. The van der Waals surface area contributed by atoms with Crippen LogP contribution in [-0.4, -0.2) is 34.2 Å². The Morgan fingerprint density at radius 1 is 1.77 bits per heavy atom. The molecule has 13 heavy (non-hydrogen) atoms. The van der Waals surface area contributed by atoms with Gasteiger partial charge >= 0.3 is 0 Å². The van der Waals surface area contributed by atoms with Gasteiger partial charge in [0.1, 0.15) is 5.76 Å². The lowest BCUT2D eigenvalue weighted by Gasteiger charge is -2.12. The van der Waals surface area contributed by atoms with Crippen LogP contribution in [0.2, 0.25) is 0 Å². The molecule has 0 amide bonds. The lowest BCUT2D eigenvalue weighted by Crippen LogP contribution is -2.21. The summed E-state index contributed by atoms with van der Waals surface area (Å²) >= 11 is 0. The van der Waals surface area contributed by atoms with Gasteiger partial charge in [0.2, 0.25) is 0 Å². The third-order valence-corrected chi connectivity index (χ3v) is 2.47. The maximum atomic E-state index is 9.31. The predicted molar refractivity (Wildman–Crippen MR) is 47.1 cm³/mol. The van der Waals surface area contributed by atoms with Gasteiger partial charge in [0.25, 0.3) is 0 Å². The number of β-amino-alcohol motifs (C(OH)–C–C–N with tert-alkyl or cyclic N) is 1. The molecule has 1 aliphatic heterocycles. The molecular formula is C9H14N2O2. The van der Waals surface area contributed by atoms with Gasteiger partial charge in [-0.3, -0.25) is 4.90 Å². The summed E-state index contributed by atoms with van der Waals surface area (Å²) in [6, 6.07) is 0. The van der Waals surface area contributed by atoms with E-state index in [2.05, 4.69) is 9.88 Å². The van der Waals surface area contributed by atoms with Gasteiger partial charge in [0, 0.05) is 19.6 Å². The second kappa shape index (κ2) is 3.47. The van der Waals surface area contributed by atoms with Crippen LogP contribution >= 0.6 is 0 Å². The van der Waals surface area contributed by atoms with Crippen molar-refractivity contribution in [2.75, 3.05) is 13.1 Å². The van der Waals surface area contributed by atoms with Gasteiger partial charge in [-0.1, -0.05) is 0 Å².